The second-order valence-corrected chi connectivity index (χ2v) is 5.05. The van der Waals surface area contributed by atoms with Crippen LogP contribution in [0.15, 0.2) is 33.2 Å². The van der Waals surface area contributed by atoms with Gasteiger partial charge in [-0.2, -0.15) is 0 Å². The standard InChI is InChI=1S/C14H14BrNO4/c1-8-9(5-13(20-8)14(17)18)7-16-10-3-4-12(19-2)11(15)6-10/h3-6,16H,7H2,1-2H3,(H,17,18). The van der Waals surface area contributed by atoms with Crippen molar-refractivity contribution in [3.05, 3.63) is 45.8 Å². The van der Waals surface area contributed by atoms with Crippen molar-refractivity contribution in [1.82, 2.24) is 0 Å². The molecule has 0 unspecified atom stereocenters. The first-order valence-corrected chi connectivity index (χ1v) is 6.70. The number of methoxy groups -OCH3 is 1. The van der Waals surface area contributed by atoms with E-state index in [2.05, 4.69) is 21.2 Å². The maximum absolute atomic E-state index is 10.8. The maximum Gasteiger partial charge on any atom is 0.371 e. The van der Waals surface area contributed by atoms with Gasteiger partial charge in [-0.1, -0.05) is 0 Å². The Kier molecular flexibility index (Phi) is 4.34. The molecule has 2 rings (SSSR count). The molecule has 0 fully saturated rings. The molecule has 2 aromatic rings. The van der Waals surface area contributed by atoms with E-state index in [1.165, 1.54) is 6.07 Å². The third-order valence-corrected chi connectivity index (χ3v) is 3.49. The summed E-state index contributed by atoms with van der Waals surface area (Å²) in [5.41, 5.74) is 1.71. The number of aromatic carboxylic acids is 1. The number of halogens is 1. The zero-order valence-electron chi connectivity index (χ0n) is 11.1. The highest BCUT2D eigenvalue weighted by Crippen LogP contribution is 2.28. The molecule has 0 aliphatic rings. The Morgan fingerprint density at radius 3 is 2.75 bits per heavy atom. The van der Waals surface area contributed by atoms with Gasteiger partial charge in [0.1, 0.15) is 11.5 Å². The number of ether oxygens (including phenoxy) is 1. The van der Waals surface area contributed by atoms with Gasteiger partial charge in [0.2, 0.25) is 5.76 Å². The zero-order chi connectivity index (χ0) is 14.7. The fraction of sp³-hybridized carbons (Fsp3) is 0.214. The molecule has 0 saturated carbocycles. The largest absolute Gasteiger partial charge is 0.496 e. The van der Waals surface area contributed by atoms with Gasteiger partial charge in [0.25, 0.3) is 0 Å². The maximum atomic E-state index is 10.8. The topological polar surface area (TPSA) is 71.7 Å². The SMILES string of the molecule is COc1ccc(NCc2cc(C(=O)O)oc2C)cc1Br. The van der Waals surface area contributed by atoms with Gasteiger partial charge in [0.15, 0.2) is 0 Å². The molecule has 1 aromatic heterocycles. The van der Waals surface area contributed by atoms with E-state index in [4.69, 9.17) is 14.3 Å². The second kappa shape index (κ2) is 6.00. The minimum Gasteiger partial charge on any atom is -0.496 e. The summed E-state index contributed by atoms with van der Waals surface area (Å²) in [6.45, 7) is 2.23. The van der Waals surface area contributed by atoms with Crippen molar-refractivity contribution in [2.45, 2.75) is 13.5 Å². The summed E-state index contributed by atoms with van der Waals surface area (Å²) in [5, 5.41) is 12.1. The van der Waals surface area contributed by atoms with Crippen molar-refractivity contribution >= 4 is 27.6 Å². The van der Waals surface area contributed by atoms with E-state index in [-0.39, 0.29) is 5.76 Å². The number of hydrogen-bond acceptors (Lipinski definition) is 4. The molecule has 5 nitrogen and oxygen atoms in total. The lowest BCUT2D eigenvalue weighted by molar-refractivity contribution is 0.0661. The van der Waals surface area contributed by atoms with E-state index in [0.29, 0.717) is 12.3 Å². The number of aryl methyl sites for hydroxylation is 1. The van der Waals surface area contributed by atoms with Crippen LogP contribution in [0.1, 0.15) is 21.9 Å². The molecular weight excluding hydrogens is 326 g/mol. The Balaban J connectivity index is 2.08. The van der Waals surface area contributed by atoms with Crippen LogP contribution < -0.4 is 10.1 Å². The molecule has 0 spiro atoms. The fourth-order valence-electron chi connectivity index (χ4n) is 1.77. The fourth-order valence-corrected chi connectivity index (χ4v) is 2.32. The van der Waals surface area contributed by atoms with E-state index in [1.807, 2.05) is 18.2 Å². The predicted molar refractivity (Wildman–Crippen MR) is 78.4 cm³/mol. The highest BCUT2D eigenvalue weighted by Gasteiger charge is 2.12. The van der Waals surface area contributed by atoms with Gasteiger partial charge in [-0.3, -0.25) is 0 Å². The van der Waals surface area contributed by atoms with Crippen molar-refractivity contribution < 1.29 is 19.1 Å². The Hall–Kier alpha value is -1.95. The Labute approximate surface area is 124 Å². The van der Waals surface area contributed by atoms with Gasteiger partial charge in [0.05, 0.1) is 11.6 Å². The van der Waals surface area contributed by atoms with Crippen molar-refractivity contribution in [3.8, 4) is 5.75 Å². The Morgan fingerprint density at radius 2 is 2.20 bits per heavy atom. The summed E-state index contributed by atoms with van der Waals surface area (Å²) in [6.07, 6.45) is 0. The van der Waals surface area contributed by atoms with Crippen LogP contribution in [0, 0.1) is 6.92 Å². The molecule has 0 saturated heterocycles. The number of carboxylic acids is 1. The van der Waals surface area contributed by atoms with E-state index >= 15 is 0 Å². The first kappa shape index (κ1) is 14.5. The molecule has 0 atom stereocenters. The molecule has 0 aliphatic carbocycles. The molecule has 0 aliphatic heterocycles. The zero-order valence-corrected chi connectivity index (χ0v) is 12.7. The van der Waals surface area contributed by atoms with Gasteiger partial charge in [-0.05, 0) is 47.1 Å². The minimum absolute atomic E-state index is 0.0461. The normalized spacial score (nSPS) is 10.3. The molecule has 0 radical (unpaired) electrons. The average Bonchev–Trinajstić information content (AvgIpc) is 2.78. The highest BCUT2D eigenvalue weighted by atomic mass is 79.9. The number of benzene rings is 1. The van der Waals surface area contributed by atoms with Crippen LogP contribution in [0.2, 0.25) is 0 Å². The van der Waals surface area contributed by atoms with Gasteiger partial charge < -0.3 is 19.6 Å². The van der Waals surface area contributed by atoms with Crippen LogP contribution in [-0.4, -0.2) is 18.2 Å². The van der Waals surface area contributed by atoms with Crippen molar-refractivity contribution in [2.75, 3.05) is 12.4 Å². The number of nitrogens with one attached hydrogen (secondary N) is 1. The van der Waals surface area contributed by atoms with Crippen LogP contribution in [0.25, 0.3) is 0 Å². The van der Waals surface area contributed by atoms with Crippen LogP contribution in [0.5, 0.6) is 5.75 Å². The molecule has 0 bridgehead atoms. The molecule has 2 N–H and O–H groups in total. The molecule has 0 amide bonds. The van der Waals surface area contributed by atoms with Gasteiger partial charge >= 0.3 is 5.97 Å². The number of anilines is 1. The third-order valence-electron chi connectivity index (χ3n) is 2.87. The highest BCUT2D eigenvalue weighted by molar-refractivity contribution is 9.10. The number of rotatable bonds is 5. The molecule has 1 heterocycles. The van der Waals surface area contributed by atoms with Crippen LogP contribution in [-0.2, 0) is 6.54 Å². The number of furan rings is 1. The van der Waals surface area contributed by atoms with E-state index in [9.17, 15) is 4.79 Å². The van der Waals surface area contributed by atoms with Gasteiger partial charge in [0, 0.05) is 17.8 Å². The van der Waals surface area contributed by atoms with Gasteiger partial charge in [-0.25, -0.2) is 4.79 Å². The monoisotopic (exact) mass is 339 g/mol. The third kappa shape index (κ3) is 3.14. The first-order chi connectivity index (χ1) is 9.51. The summed E-state index contributed by atoms with van der Waals surface area (Å²) in [7, 11) is 1.61. The number of carbonyl (C=O) groups is 1. The molecular formula is C14H14BrNO4. The van der Waals surface area contributed by atoms with E-state index < -0.39 is 5.97 Å². The molecule has 1 aromatic carbocycles. The van der Waals surface area contributed by atoms with Crippen LogP contribution in [0.4, 0.5) is 5.69 Å². The lowest BCUT2D eigenvalue weighted by Crippen LogP contribution is -2.00. The molecule has 6 heteroatoms. The summed E-state index contributed by atoms with van der Waals surface area (Å²) in [6, 6.07) is 7.16. The van der Waals surface area contributed by atoms with Crippen molar-refractivity contribution in [3.63, 3.8) is 0 Å². The quantitative estimate of drug-likeness (QED) is 0.869. The predicted octanol–water partition coefficient (Wildman–Crippen LogP) is 3.67. The smallest absolute Gasteiger partial charge is 0.371 e. The van der Waals surface area contributed by atoms with E-state index in [1.54, 1.807) is 14.0 Å². The average molecular weight is 340 g/mol. The summed E-state index contributed by atoms with van der Waals surface area (Å²) >= 11 is 3.41. The Bertz CT molecular complexity index is 636. The van der Waals surface area contributed by atoms with Crippen molar-refractivity contribution in [2.24, 2.45) is 0 Å². The minimum atomic E-state index is -1.06. The van der Waals surface area contributed by atoms with Crippen LogP contribution >= 0.6 is 15.9 Å². The lowest BCUT2D eigenvalue weighted by Gasteiger charge is -2.08. The lowest BCUT2D eigenvalue weighted by atomic mass is 10.2. The van der Waals surface area contributed by atoms with Gasteiger partial charge in [-0.15, -0.1) is 0 Å². The summed E-state index contributed by atoms with van der Waals surface area (Å²) in [5.74, 6) is 0.243. The summed E-state index contributed by atoms with van der Waals surface area (Å²) < 4.78 is 11.2. The first-order valence-electron chi connectivity index (χ1n) is 5.91. The van der Waals surface area contributed by atoms with Crippen LogP contribution in [0.3, 0.4) is 0 Å². The molecule has 106 valence electrons. The number of hydrogen-bond donors (Lipinski definition) is 2. The summed E-state index contributed by atoms with van der Waals surface area (Å²) in [4.78, 5) is 10.8. The van der Waals surface area contributed by atoms with E-state index in [0.717, 1.165) is 21.5 Å². The molecule has 20 heavy (non-hydrogen) atoms. The second-order valence-electron chi connectivity index (χ2n) is 4.20. The van der Waals surface area contributed by atoms with Crippen molar-refractivity contribution in [1.29, 1.82) is 0 Å². The Morgan fingerprint density at radius 1 is 1.45 bits per heavy atom. The number of carboxylic acid groups (broad SMARTS) is 1.